The van der Waals surface area contributed by atoms with Crippen molar-refractivity contribution >= 4 is 62.5 Å². The summed E-state index contributed by atoms with van der Waals surface area (Å²) in [5.74, 6) is -2.07. The van der Waals surface area contributed by atoms with Gasteiger partial charge in [0, 0.05) is 0 Å². The van der Waals surface area contributed by atoms with Crippen LogP contribution < -0.4 is 0 Å². The first-order chi connectivity index (χ1) is 9.79. The molecule has 1 aliphatic heterocycles. The van der Waals surface area contributed by atoms with E-state index in [0.29, 0.717) is 26.7 Å². The fraction of sp³-hybridized carbons (Fsp3) is 0.0833. The Morgan fingerprint density at radius 2 is 2.10 bits per heavy atom. The molecular weight excluding hydrogens is 386 g/mol. The molecule has 0 bridgehead atoms. The van der Waals surface area contributed by atoms with Gasteiger partial charge in [-0.2, -0.15) is 0 Å². The van der Waals surface area contributed by atoms with Crippen LogP contribution >= 0.6 is 39.3 Å². The quantitative estimate of drug-likeness (QED) is 0.768. The molecule has 1 heterocycles. The van der Waals surface area contributed by atoms with Crippen molar-refractivity contribution in [2.45, 2.75) is 0 Å². The number of carboxylic acid groups (broad SMARTS) is 1. The summed E-state index contributed by atoms with van der Waals surface area (Å²) in [4.78, 5) is 34.9. The van der Waals surface area contributed by atoms with Gasteiger partial charge < -0.3 is 10.2 Å². The third-order valence-corrected chi connectivity index (χ3v) is 4.30. The predicted molar refractivity (Wildman–Crippen MR) is 81.1 cm³/mol. The first-order valence-corrected chi connectivity index (χ1v) is 7.43. The third-order valence-electron chi connectivity index (χ3n) is 2.50. The molecule has 0 aromatic heterocycles. The molecule has 6 nitrogen and oxygen atoms in total. The maximum atomic E-state index is 12.0. The number of hydrogen-bond acceptors (Lipinski definition) is 5. The Bertz CT molecular complexity index is 667. The lowest BCUT2D eigenvalue weighted by Crippen LogP contribution is -2.33. The Kier molecular flexibility index (Phi) is 4.60. The van der Waals surface area contributed by atoms with Crippen molar-refractivity contribution < 1.29 is 24.6 Å². The molecule has 110 valence electrons. The zero-order chi connectivity index (χ0) is 15.7. The lowest BCUT2D eigenvalue weighted by atomic mass is 10.2. The second kappa shape index (κ2) is 6.08. The molecule has 0 unspecified atom stereocenters. The number of halogens is 2. The first-order valence-electron chi connectivity index (χ1n) is 5.44. The van der Waals surface area contributed by atoms with Crippen LogP contribution in [0.3, 0.4) is 0 Å². The number of aliphatic carboxylic acids is 1. The SMILES string of the molecule is O=C(O)CN1C(=O)S/C(=C/c2cc(Cl)c(O)c(Br)c2)C1=O. The highest BCUT2D eigenvalue weighted by atomic mass is 79.9. The lowest BCUT2D eigenvalue weighted by Gasteiger charge is -2.07. The molecule has 1 aliphatic rings. The molecule has 1 aromatic rings. The van der Waals surface area contributed by atoms with Crippen LogP contribution in [0.2, 0.25) is 5.02 Å². The van der Waals surface area contributed by atoms with Crippen molar-refractivity contribution in [3.63, 3.8) is 0 Å². The second-order valence-electron chi connectivity index (χ2n) is 3.99. The molecule has 0 spiro atoms. The summed E-state index contributed by atoms with van der Waals surface area (Å²) in [6, 6.07) is 2.94. The summed E-state index contributed by atoms with van der Waals surface area (Å²) in [5, 5.41) is 17.6. The summed E-state index contributed by atoms with van der Waals surface area (Å²) in [6.45, 7) is -0.679. The molecule has 1 saturated heterocycles. The van der Waals surface area contributed by atoms with Gasteiger partial charge in [-0.15, -0.1) is 0 Å². The Morgan fingerprint density at radius 3 is 2.67 bits per heavy atom. The number of carboxylic acids is 1. The summed E-state index contributed by atoms with van der Waals surface area (Å²) in [5.41, 5.74) is 0.491. The number of carbonyl (C=O) groups excluding carboxylic acids is 2. The van der Waals surface area contributed by atoms with Gasteiger partial charge in [0.2, 0.25) is 0 Å². The van der Waals surface area contributed by atoms with Crippen molar-refractivity contribution in [1.82, 2.24) is 4.90 Å². The minimum absolute atomic E-state index is 0.0837. The van der Waals surface area contributed by atoms with E-state index in [0.717, 1.165) is 0 Å². The molecule has 0 aliphatic carbocycles. The molecular formula is C12H7BrClNO5S. The minimum Gasteiger partial charge on any atom is -0.505 e. The highest BCUT2D eigenvalue weighted by Gasteiger charge is 2.36. The number of carbonyl (C=O) groups is 3. The molecule has 1 aromatic carbocycles. The molecule has 0 saturated carbocycles. The minimum atomic E-state index is -1.27. The zero-order valence-electron chi connectivity index (χ0n) is 10.2. The van der Waals surface area contributed by atoms with E-state index in [1.54, 1.807) is 0 Å². The van der Waals surface area contributed by atoms with Crippen LogP contribution in [0.15, 0.2) is 21.5 Å². The molecule has 1 fully saturated rings. The van der Waals surface area contributed by atoms with Crippen molar-refractivity contribution in [2.75, 3.05) is 6.54 Å². The third kappa shape index (κ3) is 3.39. The molecule has 0 atom stereocenters. The van der Waals surface area contributed by atoms with E-state index in [1.807, 2.05) is 0 Å². The standard InChI is InChI=1S/C12H7BrClNO5S/c13-6-1-5(2-7(14)10(6)18)3-8-11(19)15(4-9(16)17)12(20)21-8/h1-3,18H,4H2,(H,16,17)/b8-3+. The van der Waals surface area contributed by atoms with Crippen LogP contribution in [0.5, 0.6) is 5.75 Å². The number of hydrogen-bond donors (Lipinski definition) is 2. The van der Waals surface area contributed by atoms with Gasteiger partial charge in [-0.3, -0.25) is 19.3 Å². The number of phenols is 1. The smallest absolute Gasteiger partial charge is 0.323 e. The van der Waals surface area contributed by atoms with Gasteiger partial charge >= 0.3 is 5.97 Å². The number of rotatable bonds is 3. The van der Waals surface area contributed by atoms with E-state index in [4.69, 9.17) is 16.7 Å². The van der Waals surface area contributed by atoms with Gasteiger partial charge in [0.15, 0.2) is 0 Å². The number of benzene rings is 1. The van der Waals surface area contributed by atoms with Crippen molar-refractivity contribution in [1.29, 1.82) is 0 Å². The monoisotopic (exact) mass is 391 g/mol. The van der Waals surface area contributed by atoms with Gasteiger partial charge in [0.1, 0.15) is 12.3 Å². The summed E-state index contributed by atoms with van der Waals surface area (Å²) >= 11 is 9.57. The van der Waals surface area contributed by atoms with Crippen LogP contribution in [0.4, 0.5) is 4.79 Å². The van der Waals surface area contributed by atoms with Crippen LogP contribution in [-0.2, 0) is 9.59 Å². The van der Waals surface area contributed by atoms with Gasteiger partial charge in [-0.05, 0) is 51.5 Å². The average Bonchev–Trinajstić information content (AvgIpc) is 2.63. The average molecular weight is 393 g/mol. The maximum Gasteiger partial charge on any atom is 0.323 e. The Labute approximate surface area is 136 Å². The second-order valence-corrected chi connectivity index (χ2v) is 6.25. The van der Waals surface area contributed by atoms with Crippen molar-refractivity contribution in [2.24, 2.45) is 0 Å². The van der Waals surface area contributed by atoms with E-state index in [1.165, 1.54) is 18.2 Å². The van der Waals surface area contributed by atoms with E-state index in [2.05, 4.69) is 15.9 Å². The molecule has 0 radical (unpaired) electrons. The largest absolute Gasteiger partial charge is 0.505 e. The van der Waals surface area contributed by atoms with Gasteiger partial charge in [0.05, 0.1) is 14.4 Å². The topological polar surface area (TPSA) is 94.9 Å². The Hall–Kier alpha value is -1.51. The van der Waals surface area contributed by atoms with Gasteiger partial charge in [0.25, 0.3) is 11.1 Å². The maximum absolute atomic E-state index is 12.0. The van der Waals surface area contributed by atoms with Crippen LogP contribution in [0.25, 0.3) is 6.08 Å². The molecule has 2 N–H and O–H groups in total. The van der Waals surface area contributed by atoms with Crippen LogP contribution in [-0.4, -0.2) is 38.8 Å². The number of thioether (sulfide) groups is 1. The molecule has 2 amide bonds. The van der Waals surface area contributed by atoms with Crippen molar-refractivity contribution in [3.8, 4) is 5.75 Å². The number of amides is 2. The summed E-state index contributed by atoms with van der Waals surface area (Å²) in [6.07, 6.45) is 1.41. The fourth-order valence-corrected chi connectivity index (χ4v) is 3.25. The Balaban J connectivity index is 2.33. The fourth-order valence-electron chi connectivity index (χ4n) is 1.59. The summed E-state index contributed by atoms with van der Waals surface area (Å²) in [7, 11) is 0. The van der Waals surface area contributed by atoms with E-state index in [-0.39, 0.29) is 15.7 Å². The Morgan fingerprint density at radius 1 is 1.43 bits per heavy atom. The van der Waals surface area contributed by atoms with E-state index >= 15 is 0 Å². The number of imide groups is 1. The first kappa shape index (κ1) is 15.9. The highest BCUT2D eigenvalue weighted by Crippen LogP contribution is 2.36. The highest BCUT2D eigenvalue weighted by molar-refractivity contribution is 9.10. The number of aromatic hydroxyl groups is 1. The molecule has 9 heteroatoms. The van der Waals surface area contributed by atoms with E-state index < -0.39 is 23.7 Å². The molecule has 2 rings (SSSR count). The van der Waals surface area contributed by atoms with Crippen molar-refractivity contribution in [3.05, 3.63) is 32.1 Å². The van der Waals surface area contributed by atoms with Gasteiger partial charge in [-0.1, -0.05) is 11.6 Å². The zero-order valence-corrected chi connectivity index (χ0v) is 13.3. The number of phenolic OH excluding ortho intramolecular Hbond substituents is 1. The normalized spacial score (nSPS) is 16.9. The predicted octanol–water partition coefficient (Wildman–Crippen LogP) is 2.93. The lowest BCUT2D eigenvalue weighted by molar-refractivity contribution is -0.140. The van der Waals surface area contributed by atoms with E-state index in [9.17, 15) is 19.5 Å². The van der Waals surface area contributed by atoms with Gasteiger partial charge in [-0.25, -0.2) is 0 Å². The van der Waals surface area contributed by atoms with Crippen LogP contribution in [0, 0.1) is 0 Å². The summed E-state index contributed by atoms with van der Waals surface area (Å²) < 4.78 is 0.339. The molecule has 21 heavy (non-hydrogen) atoms. The number of nitrogens with zero attached hydrogens (tertiary/aromatic N) is 1. The van der Waals surface area contributed by atoms with Crippen LogP contribution in [0.1, 0.15) is 5.56 Å².